The fraction of sp³-hybridized carbons (Fsp3) is 0.683. The number of unbranched alkanes of at least 4 members (excludes halogenated alkanes) is 7. The van der Waals surface area contributed by atoms with E-state index >= 15 is 0 Å². The summed E-state index contributed by atoms with van der Waals surface area (Å²) in [5.41, 5.74) is 0. The van der Waals surface area contributed by atoms with Crippen LogP contribution in [0.1, 0.15) is 123 Å². The number of hydrogen-bond donors (Lipinski definition) is 4. The number of rotatable bonds is 33. The van der Waals surface area contributed by atoms with Crippen LogP contribution in [0.4, 0.5) is 0 Å². The molecule has 51 heavy (non-hydrogen) atoms. The zero-order chi connectivity index (χ0) is 38.1. The van der Waals surface area contributed by atoms with E-state index in [9.17, 15) is 24.5 Å². The van der Waals surface area contributed by atoms with Gasteiger partial charge in [-0.25, -0.2) is 4.57 Å². The molecule has 294 valence electrons. The van der Waals surface area contributed by atoms with Crippen molar-refractivity contribution < 1.29 is 38.0 Å². The molecule has 10 heteroatoms. The van der Waals surface area contributed by atoms with Gasteiger partial charge in [0.2, 0.25) is 5.91 Å². The second-order valence-electron chi connectivity index (χ2n) is 14.0. The van der Waals surface area contributed by atoms with E-state index in [0.717, 1.165) is 64.2 Å². The summed E-state index contributed by atoms with van der Waals surface area (Å²) in [6.07, 6.45) is 38.3. The first-order chi connectivity index (χ1) is 24.4. The molecule has 0 saturated carbocycles. The highest BCUT2D eigenvalue weighted by Crippen LogP contribution is 2.43. The minimum absolute atomic E-state index is 0.00151. The van der Waals surface area contributed by atoms with E-state index in [1.54, 1.807) is 0 Å². The summed E-state index contributed by atoms with van der Waals surface area (Å²) in [6, 6.07) is -1.08. The van der Waals surface area contributed by atoms with Crippen LogP contribution in [0.25, 0.3) is 0 Å². The number of amides is 1. The van der Waals surface area contributed by atoms with E-state index in [4.69, 9.17) is 9.05 Å². The predicted octanol–water partition coefficient (Wildman–Crippen LogP) is 9.04. The number of carbonyl (C=O) groups is 1. The highest BCUT2D eigenvalue weighted by molar-refractivity contribution is 7.47. The fourth-order valence-corrected chi connectivity index (χ4v) is 5.59. The summed E-state index contributed by atoms with van der Waals surface area (Å²) in [5.74, 6) is -0.318. The lowest BCUT2D eigenvalue weighted by Crippen LogP contribution is -2.51. The van der Waals surface area contributed by atoms with Crippen molar-refractivity contribution in [3.05, 3.63) is 72.9 Å². The Morgan fingerprint density at radius 3 is 1.78 bits per heavy atom. The van der Waals surface area contributed by atoms with Crippen LogP contribution in [0.5, 0.6) is 0 Å². The molecule has 0 radical (unpaired) electrons. The van der Waals surface area contributed by atoms with Crippen molar-refractivity contribution in [2.75, 3.05) is 40.9 Å². The highest BCUT2D eigenvalue weighted by atomic mass is 31.2. The third-order valence-corrected chi connectivity index (χ3v) is 8.99. The summed E-state index contributed by atoms with van der Waals surface area (Å²) < 4.78 is 23.4. The van der Waals surface area contributed by atoms with Gasteiger partial charge in [0.15, 0.2) is 0 Å². The van der Waals surface area contributed by atoms with Gasteiger partial charge in [-0.15, -0.1) is 0 Å². The third kappa shape index (κ3) is 33.5. The Hall–Kier alpha value is -2.10. The molecule has 4 unspecified atom stereocenters. The molecule has 4 N–H and O–H groups in total. The molecule has 0 aliphatic carbocycles. The number of quaternary nitrogens is 1. The molecule has 0 aromatic rings. The highest BCUT2D eigenvalue weighted by Gasteiger charge is 2.31. The summed E-state index contributed by atoms with van der Waals surface area (Å²) in [4.78, 5) is 23.0. The second-order valence-corrected chi connectivity index (χ2v) is 15.5. The van der Waals surface area contributed by atoms with Crippen LogP contribution in [0.15, 0.2) is 72.9 Å². The summed E-state index contributed by atoms with van der Waals surface area (Å²) in [7, 11) is 1.36. The molecule has 0 fully saturated rings. The third-order valence-electron chi connectivity index (χ3n) is 8.01. The van der Waals surface area contributed by atoms with Crippen LogP contribution in [0.3, 0.4) is 0 Å². The Morgan fingerprint density at radius 2 is 1.22 bits per heavy atom. The molecule has 0 rings (SSSR count). The minimum atomic E-state index is -4.44. The lowest BCUT2D eigenvalue weighted by atomic mass is 10.0. The van der Waals surface area contributed by atoms with Crippen LogP contribution in [-0.4, -0.2) is 84.6 Å². The van der Waals surface area contributed by atoms with Gasteiger partial charge in [0, 0.05) is 6.42 Å². The van der Waals surface area contributed by atoms with Crippen LogP contribution < -0.4 is 5.32 Å². The predicted molar refractivity (Wildman–Crippen MR) is 213 cm³/mol. The number of hydrogen-bond acceptors (Lipinski definition) is 6. The van der Waals surface area contributed by atoms with Crippen LogP contribution >= 0.6 is 7.82 Å². The Bertz CT molecular complexity index is 1080. The Labute approximate surface area is 311 Å². The topological polar surface area (TPSA) is 125 Å². The normalized spacial score (nSPS) is 16.0. The number of phosphoric ester groups is 1. The number of nitrogens with zero attached hydrogens (tertiary/aromatic N) is 1. The van der Waals surface area contributed by atoms with Gasteiger partial charge in [-0.2, -0.15) is 0 Å². The molecule has 0 saturated heterocycles. The quantitative estimate of drug-likeness (QED) is 0.0229. The largest absolute Gasteiger partial charge is 0.472 e. The molecule has 1 amide bonds. The zero-order valence-corrected chi connectivity index (χ0v) is 33.6. The van der Waals surface area contributed by atoms with E-state index in [2.05, 4.69) is 92.1 Å². The molecular weight excluding hydrogens is 663 g/mol. The molecule has 9 nitrogen and oxygen atoms in total. The molecule has 0 bridgehead atoms. The zero-order valence-electron chi connectivity index (χ0n) is 32.7. The number of allylic oxidation sites excluding steroid dienone is 12. The first-order valence-corrected chi connectivity index (χ1v) is 20.9. The molecule has 0 spiro atoms. The SMILES string of the molecule is CC/C=C\C/C=C\C/C=C\C/C=C\CCCCC(=O)NC(COP(=O)(O)OCC[N+](C)(C)C)C(O)C(O)CCC/C=C/CC/C=C/CCCCC. The standard InChI is InChI=1S/C41H73N2O7P/c1-6-8-10-12-14-16-18-20-21-22-24-26-28-30-32-34-40(45)42-38(37-50-51(47,48)49-36-35-43(3,4)5)41(46)39(44)33-31-29-27-25-23-19-17-15-13-11-9-7-2/h8,10,14-17,20-21,24-27,38-39,41,44,46H,6-7,9,11-13,18-19,22-23,28-37H2,1-5H3,(H-,42,45,47,48)/p+1/b10-8-,16-14-,17-15+,21-20-,26-24-,27-25+. The molecule has 0 aliphatic rings. The van der Waals surface area contributed by atoms with Crippen LogP contribution in [0.2, 0.25) is 0 Å². The molecule has 4 atom stereocenters. The maximum Gasteiger partial charge on any atom is 0.472 e. The number of aliphatic hydroxyl groups is 2. The van der Waals surface area contributed by atoms with E-state index < -0.39 is 32.7 Å². The average Bonchev–Trinajstić information content (AvgIpc) is 3.07. The van der Waals surface area contributed by atoms with Gasteiger partial charge < -0.3 is 24.9 Å². The van der Waals surface area contributed by atoms with E-state index in [1.165, 1.54) is 19.3 Å². The molecule has 0 aromatic heterocycles. The lowest BCUT2D eigenvalue weighted by Gasteiger charge is -2.28. The number of phosphoric acid groups is 1. The average molecular weight is 738 g/mol. The van der Waals surface area contributed by atoms with Gasteiger partial charge in [0.25, 0.3) is 0 Å². The van der Waals surface area contributed by atoms with E-state index in [-0.39, 0.29) is 18.9 Å². The molecular formula is C41H74N2O7P+. The van der Waals surface area contributed by atoms with Gasteiger partial charge in [-0.1, -0.05) is 99.6 Å². The van der Waals surface area contributed by atoms with Crippen molar-refractivity contribution in [2.24, 2.45) is 0 Å². The maximum absolute atomic E-state index is 12.8. The van der Waals surface area contributed by atoms with Gasteiger partial charge >= 0.3 is 7.82 Å². The first-order valence-electron chi connectivity index (χ1n) is 19.4. The molecule has 0 heterocycles. The second kappa shape index (κ2) is 32.5. The smallest absolute Gasteiger partial charge is 0.390 e. The van der Waals surface area contributed by atoms with Crippen LogP contribution in [-0.2, 0) is 18.4 Å². The number of likely N-dealkylation sites (N-methyl/N-ethyl adjacent to an activating group) is 1. The number of aliphatic hydroxyl groups excluding tert-OH is 2. The lowest BCUT2D eigenvalue weighted by molar-refractivity contribution is -0.870. The Kier molecular flexibility index (Phi) is 31.2. The van der Waals surface area contributed by atoms with E-state index in [0.29, 0.717) is 30.3 Å². The summed E-state index contributed by atoms with van der Waals surface area (Å²) in [5, 5.41) is 24.5. The summed E-state index contributed by atoms with van der Waals surface area (Å²) >= 11 is 0. The Balaban J connectivity index is 4.78. The fourth-order valence-electron chi connectivity index (χ4n) is 4.85. The van der Waals surface area contributed by atoms with Gasteiger partial charge in [0.1, 0.15) is 19.3 Å². The molecule has 0 aromatic carbocycles. The minimum Gasteiger partial charge on any atom is -0.390 e. The Morgan fingerprint density at radius 1 is 0.706 bits per heavy atom. The van der Waals surface area contributed by atoms with Gasteiger partial charge in [-0.05, 0) is 89.9 Å². The van der Waals surface area contributed by atoms with E-state index in [1.807, 2.05) is 21.1 Å². The van der Waals surface area contributed by atoms with Crippen molar-refractivity contribution in [3.63, 3.8) is 0 Å². The molecule has 0 aliphatic heterocycles. The van der Waals surface area contributed by atoms with Crippen LogP contribution in [0, 0.1) is 0 Å². The number of nitrogens with one attached hydrogen (secondary N) is 1. The summed E-state index contributed by atoms with van der Waals surface area (Å²) in [6.45, 7) is 4.35. The van der Waals surface area contributed by atoms with Crippen molar-refractivity contribution >= 4 is 13.7 Å². The van der Waals surface area contributed by atoms with Crippen molar-refractivity contribution in [1.29, 1.82) is 0 Å². The van der Waals surface area contributed by atoms with Crippen molar-refractivity contribution in [2.45, 2.75) is 141 Å². The van der Waals surface area contributed by atoms with Gasteiger partial charge in [-0.3, -0.25) is 13.8 Å². The van der Waals surface area contributed by atoms with Gasteiger partial charge in [0.05, 0.1) is 39.9 Å². The maximum atomic E-state index is 12.8. The van der Waals surface area contributed by atoms with Crippen molar-refractivity contribution in [1.82, 2.24) is 5.32 Å². The van der Waals surface area contributed by atoms with Crippen molar-refractivity contribution in [3.8, 4) is 0 Å². The monoisotopic (exact) mass is 738 g/mol. The number of carbonyl (C=O) groups excluding carboxylic acids is 1. The first kappa shape index (κ1) is 48.9.